The maximum absolute atomic E-state index is 12.9. The van der Waals surface area contributed by atoms with Crippen LogP contribution in [-0.2, 0) is 28.2 Å². The molecule has 0 N–H and O–H groups in total. The summed E-state index contributed by atoms with van der Waals surface area (Å²) in [5.41, 5.74) is 1.10. The molecule has 6 nitrogen and oxygen atoms in total. The van der Waals surface area contributed by atoms with Crippen LogP contribution in [0.5, 0.6) is 0 Å². The van der Waals surface area contributed by atoms with Gasteiger partial charge in [0.15, 0.2) is 5.03 Å². The van der Waals surface area contributed by atoms with Gasteiger partial charge in [-0.1, -0.05) is 30.3 Å². The van der Waals surface area contributed by atoms with E-state index < -0.39 is 10.0 Å². The molecule has 1 aromatic carbocycles. The molecule has 1 saturated heterocycles. The molecule has 0 saturated carbocycles. The van der Waals surface area contributed by atoms with E-state index in [9.17, 15) is 8.42 Å². The number of ether oxygens (including phenoxy) is 1. The molecular formula is C16H21N3O3S. The largest absolute Gasteiger partial charge is 0.380 e. The van der Waals surface area contributed by atoms with Gasteiger partial charge in [0.1, 0.15) is 0 Å². The Morgan fingerprint density at radius 2 is 2.04 bits per heavy atom. The maximum atomic E-state index is 12.9. The second-order valence-electron chi connectivity index (χ2n) is 5.81. The summed E-state index contributed by atoms with van der Waals surface area (Å²) < 4.78 is 34.5. The Kier molecular flexibility index (Phi) is 4.52. The molecule has 0 spiro atoms. The first-order valence-corrected chi connectivity index (χ1v) is 9.03. The molecular weight excluding hydrogens is 314 g/mol. The smallest absolute Gasteiger partial charge is 0.262 e. The first-order valence-electron chi connectivity index (χ1n) is 7.59. The van der Waals surface area contributed by atoms with Crippen molar-refractivity contribution in [3.8, 4) is 0 Å². The highest BCUT2D eigenvalue weighted by Gasteiger charge is 2.42. The highest BCUT2D eigenvalue weighted by molar-refractivity contribution is 7.89. The summed E-state index contributed by atoms with van der Waals surface area (Å²) in [7, 11) is -0.211. The quantitative estimate of drug-likeness (QED) is 0.829. The normalized spacial score (nSPS) is 22.5. The third-order valence-corrected chi connectivity index (χ3v) is 6.09. The Hall–Kier alpha value is -1.70. The Morgan fingerprint density at radius 1 is 1.30 bits per heavy atom. The third kappa shape index (κ3) is 3.17. The highest BCUT2D eigenvalue weighted by atomic mass is 32.2. The van der Waals surface area contributed by atoms with Gasteiger partial charge in [-0.3, -0.25) is 0 Å². The second kappa shape index (κ2) is 6.43. The van der Waals surface area contributed by atoms with Crippen molar-refractivity contribution < 1.29 is 13.2 Å². The van der Waals surface area contributed by atoms with E-state index in [1.165, 1.54) is 16.8 Å². The van der Waals surface area contributed by atoms with Gasteiger partial charge in [-0.05, 0) is 18.4 Å². The minimum atomic E-state index is -3.61. The number of imidazole rings is 1. The maximum Gasteiger partial charge on any atom is 0.262 e. The predicted molar refractivity (Wildman–Crippen MR) is 86.4 cm³/mol. The van der Waals surface area contributed by atoms with Crippen LogP contribution in [0.15, 0.2) is 47.9 Å². The average molecular weight is 335 g/mol. The van der Waals surface area contributed by atoms with Crippen LogP contribution in [0.3, 0.4) is 0 Å². The molecule has 0 radical (unpaired) electrons. The fourth-order valence-corrected chi connectivity index (χ4v) is 4.74. The van der Waals surface area contributed by atoms with Crippen LogP contribution in [0, 0.1) is 0 Å². The van der Waals surface area contributed by atoms with E-state index in [4.69, 9.17) is 4.74 Å². The number of hydrogen-bond acceptors (Lipinski definition) is 4. The lowest BCUT2D eigenvalue weighted by Crippen LogP contribution is -2.41. The number of hydrogen-bond donors (Lipinski definition) is 0. The fourth-order valence-electron chi connectivity index (χ4n) is 3.10. The molecule has 2 aromatic rings. The van der Waals surface area contributed by atoms with E-state index in [1.54, 1.807) is 18.7 Å². The van der Waals surface area contributed by atoms with Gasteiger partial charge in [-0.2, -0.15) is 4.31 Å². The number of sulfonamides is 1. The lowest BCUT2D eigenvalue weighted by molar-refractivity contribution is 0.0809. The zero-order valence-corrected chi connectivity index (χ0v) is 14.1. The summed E-state index contributed by atoms with van der Waals surface area (Å²) in [6, 6.07) is 9.68. The topological polar surface area (TPSA) is 64.4 Å². The molecule has 0 unspecified atom stereocenters. The van der Waals surface area contributed by atoms with Crippen molar-refractivity contribution in [3.05, 3.63) is 48.4 Å². The van der Waals surface area contributed by atoms with Crippen LogP contribution in [-0.4, -0.2) is 48.1 Å². The van der Waals surface area contributed by atoms with Crippen LogP contribution in [0.2, 0.25) is 0 Å². The molecule has 2 atom stereocenters. The molecule has 2 heterocycles. The molecule has 3 rings (SSSR count). The van der Waals surface area contributed by atoms with Gasteiger partial charge in [-0.15, -0.1) is 0 Å². The molecule has 1 aliphatic rings. The van der Waals surface area contributed by atoms with E-state index in [0.717, 1.165) is 5.56 Å². The second-order valence-corrected chi connectivity index (χ2v) is 7.65. The summed E-state index contributed by atoms with van der Waals surface area (Å²) in [5.74, 6) is 0. The summed E-state index contributed by atoms with van der Waals surface area (Å²) in [6.07, 6.45) is 4.26. The first kappa shape index (κ1) is 16.2. The number of benzene rings is 1. The number of nitrogens with zero attached hydrogens (tertiary/aromatic N) is 3. The molecule has 0 amide bonds. The van der Waals surface area contributed by atoms with Crippen LogP contribution < -0.4 is 0 Å². The number of aryl methyl sites for hydroxylation is 1. The van der Waals surface area contributed by atoms with Gasteiger partial charge in [0.25, 0.3) is 10.0 Å². The number of aromatic nitrogens is 2. The average Bonchev–Trinajstić information content (AvgIpc) is 3.15. The van der Waals surface area contributed by atoms with E-state index in [1.807, 2.05) is 30.3 Å². The Balaban J connectivity index is 1.90. The summed E-state index contributed by atoms with van der Waals surface area (Å²) in [4.78, 5) is 4.02. The van der Waals surface area contributed by atoms with E-state index in [0.29, 0.717) is 19.4 Å². The molecule has 23 heavy (non-hydrogen) atoms. The standard InChI is InChI=1S/C16H21N3O3S/c1-18-11-16(17-12-18)23(20,21)19-9-8-15(22-2)14(19)10-13-6-4-3-5-7-13/h3-7,11-12,14-15H,8-10H2,1-2H3/t14-,15+/m0/s1. The Bertz CT molecular complexity index is 758. The van der Waals surface area contributed by atoms with Crippen molar-refractivity contribution >= 4 is 10.0 Å². The highest BCUT2D eigenvalue weighted by Crippen LogP contribution is 2.29. The molecule has 0 bridgehead atoms. The Labute approximate surface area is 136 Å². The molecule has 1 fully saturated rings. The third-order valence-electron chi connectivity index (χ3n) is 4.28. The summed E-state index contributed by atoms with van der Waals surface area (Å²) in [6.45, 7) is 0.453. The fraction of sp³-hybridized carbons (Fsp3) is 0.438. The van der Waals surface area contributed by atoms with Gasteiger partial charge >= 0.3 is 0 Å². The molecule has 1 aromatic heterocycles. The Morgan fingerprint density at radius 3 is 2.65 bits per heavy atom. The van der Waals surface area contributed by atoms with E-state index >= 15 is 0 Å². The lowest BCUT2D eigenvalue weighted by Gasteiger charge is -2.26. The van der Waals surface area contributed by atoms with Crippen LogP contribution in [0.1, 0.15) is 12.0 Å². The first-order chi connectivity index (χ1) is 11.0. The predicted octanol–water partition coefficient (Wildman–Crippen LogP) is 1.44. The van der Waals surface area contributed by atoms with Crippen molar-refractivity contribution in [2.24, 2.45) is 7.05 Å². The molecule has 7 heteroatoms. The zero-order valence-electron chi connectivity index (χ0n) is 13.3. The van der Waals surface area contributed by atoms with E-state index in [-0.39, 0.29) is 17.2 Å². The minimum Gasteiger partial charge on any atom is -0.380 e. The van der Waals surface area contributed by atoms with Crippen molar-refractivity contribution in [1.29, 1.82) is 0 Å². The van der Waals surface area contributed by atoms with Crippen LogP contribution in [0.25, 0.3) is 0 Å². The SMILES string of the molecule is CO[C@@H]1CCN(S(=O)(=O)c2cn(C)cn2)[C@H]1Cc1ccccc1. The van der Waals surface area contributed by atoms with Gasteiger partial charge in [0, 0.05) is 26.9 Å². The van der Waals surface area contributed by atoms with Gasteiger partial charge < -0.3 is 9.30 Å². The number of rotatable bonds is 5. The number of methoxy groups -OCH3 is 1. The van der Waals surface area contributed by atoms with Crippen molar-refractivity contribution in [2.45, 2.75) is 30.0 Å². The molecule has 0 aliphatic carbocycles. The van der Waals surface area contributed by atoms with Gasteiger partial charge in [-0.25, -0.2) is 13.4 Å². The van der Waals surface area contributed by atoms with E-state index in [2.05, 4.69) is 4.98 Å². The summed E-state index contributed by atoms with van der Waals surface area (Å²) >= 11 is 0. The van der Waals surface area contributed by atoms with Gasteiger partial charge in [0.05, 0.1) is 18.5 Å². The van der Waals surface area contributed by atoms with Crippen molar-refractivity contribution in [2.75, 3.05) is 13.7 Å². The van der Waals surface area contributed by atoms with Crippen molar-refractivity contribution in [1.82, 2.24) is 13.9 Å². The lowest BCUT2D eigenvalue weighted by atomic mass is 10.0. The zero-order chi connectivity index (χ0) is 16.4. The summed E-state index contributed by atoms with van der Waals surface area (Å²) in [5, 5.41) is 0.0924. The van der Waals surface area contributed by atoms with Crippen molar-refractivity contribution in [3.63, 3.8) is 0 Å². The van der Waals surface area contributed by atoms with Gasteiger partial charge in [0.2, 0.25) is 0 Å². The minimum absolute atomic E-state index is 0.0924. The van der Waals surface area contributed by atoms with Crippen LogP contribution in [0.4, 0.5) is 0 Å². The molecule has 1 aliphatic heterocycles. The van der Waals surface area contributed by atoms with Crippen LogP contribution >= 0.6 is 0 Å². The monoisotopic (exact) mass is 335 g/mol. The molecule has 124 valence electrons.